The molecule has 6 nitrogen and oxygen atoms in total. The third-order valence-electron chi connectivity index (χ3n) is 5.32. The SMILES string of the molecule is Cc1cc(Br)c(O)c(C(=O)N2CCN(S(=O)(=O)c3ccc4ccccc4c3)CC2)c1. The number of fused-ring (bicyclic) bond motifs is 1. The zero-order valence-electron chi connectivity index (χ0n) is 16.4. The van der Waals surface area contributed by atoms with Gasteiger partial charge in [-0.25, -0.2) is 8.42 Å². The number of sulfonamides is 1. The minimum atomic E-state index is -3.65. The zero-order chi connectivity index (χ0) is 21.5. The van der Waals surface area contributed by atoms with E-state index in [1.54, 1.807) is 35.2 Å². The lowest BCUT2D eigenvalue weighted by Crippen LogP contribution is -2.50. The highest BCUT2D eigenvalue weighted by molar-refractivity contribution is 9.10. The highest BCUT2D eigenvalue weighted by atomic mass is 79.9. The lowest BCUT2D eigenvalue weighted by molar-refractivity contribution is 0.0694. The molecule has 0 unspecified atom stereocenters. The molecule has 1 aliphatic rings. The second kappa shape index (κ2) is 8.02. The molecule has 1 heterocycles. The number of carbonyl (C=O) groups is 1. The quantitative estimate of drug-likeness (QED) is 0.608. The van der Waals surface area contributed by atoms with E-state index < -0.39 is 10.0 Å². The van der Waals surface area contributed by atoms with Crippen LogP contribution in [0.1, 0.15) is 15.9 Å². The number of rotatable bonds is 3. The van der Waals surface area contributed by atoms with E-state index in [0.717, 1.165) is 16.3 Å². The van der Waals surface area contributed by atoms with Gasteiger partial charge in [-0.2, -0.15) is 4.31 Å². The molecule has 1 fully saturated rings. The van der Waals surface area contributed by atoms with Gasteiger partial charge >= 0.3 is 0 Å². The number of hydrogen-bond acceptors (Lipinski definition) is 4. The van der Waals surface area contributed by atoms with E-state index in [1.165, 1.54) is 4.31 Å². The summed E-state index contributed by atoms with van der Waals surface area (Å²) in [5.41, 5.74) is 1.06. The molecule has 3 aromatic rings. The maximum atomic E-state index is 13.1. The monoisotopic (exact) mass is 488 g/mol. The van der Waals surface area contributed by atoms with E-state index in [9.17, 15) is 18.3 Å². The number of aryl methyl sites for hydroxylation is 1. The molecule has 156 valence electrons. The van der Waals surface area contributed by atoms with Crippen LogP contribution in [0, 0.1) is 6.92 Å². The van der Waals surface area contributed by atoms with Crippen molar-refractivity contribution < 1.29 is 18.3 Å². The number of amides is 1. The molecule has 0 bridgehead atoms. The first-order valence-corrected chi connectivity index (χ1v) is 11.8. The Balaban J connectivity index is 1.51. The second-order valence-electron chi connectivity index (χ2n) is 7.35. The molecule has 0 spiro atoms. The molecule has 0 aliphatic carbocycles. The first-order chi connectivity index (χ1) is 14.3. The van der Waals surface area contributed by atoms with Crippen LogP contribution in [0.15, 0.2) is 64.0 Å². The fourth-order valence-corrected chi connectivity index (χ4v) is 5.71. The summed E-state index contributed by atoms with van der Waals surface area (Å²) in [6.45, 7) is 2.77. The van der Waals surface area contributed by atoms with Gasteiger partial charge in [-0.1, -0.05) is 30.3 Å². The van der Waals surface area contributed by atoms with Crippen molar-refractivity contribution >= 4 is 42.6 Å². The van der Waals surface area contributed by atoms with Crippen LogP contribution in [0.25, 0.3) is 10.8 Å². The molecule has 3 aromatic carbocycles. The molecule has 0 atom stereocenters. The molecule has 30 heavy (non-hydrogen) atoms. The van der Waals surface area contributed by atoms with Crippen LogP contribution in [0.5, 0.6) is 5.75 Å². The molecule has 1 aliphatic heterocycles. The van der Waals surface area contributed by atoms with Crippen molar-refractivity contribution in [1.82, 2.24) is 9.21 Å². The topological polar surface area (TPSA) is 77.9 Å². The van der Waals surface area contributed by atoms with Gasteiger partial charge in [-0.3, -0.25) is 4.79 Å². The first-order valence-electron chi connectivity index (χ1n) is 9.55. The van der Waals surface area contributed by atoms with Crippen molar-refractivity contribution in [2.24, 2.45) is 0 Å². The third-order valence-corrected chi connectivity index (χ3v) is 7.82. The van der Waals surface area contributed by atoms with Gasteiger partial charge in [0.05, 0.1) is 14.9 Å². The van der Waals surface area contributed by atoms with Gasteiger partial charge in [-0.05, 0) is 63.5 Å². The lowest BCUT2D eigenvalue weighted by atomic mass is 10.1. The van der Waals surface area contributed by atoms with E-state index in [4.69, 9.17) is 0 Å². The minimum Gasteiger partial charge on any atom is -0.506 e. The van der Waals surface area contributed by atoms with Crippen LogP contribution in [0.2, 0.25) is 0 Å². The van der Waals surface area contributed by atoms with Gasteiger partial charge < -0.3 is 10.0 Å². The number of phenols is 1. The number of phenolic OH excluding ortho intramolecular Hbond substituents is 1. The van der Waals surface area contributed by atoms with E-state index >= 15 is 0 Å². The van der Waals surface area contributed by atoms with Crippen molar-refractivity contribution in [3.8, 4) is 5.75 Å². The molecule has 1 saturated heterocycles. The molecular formula is C22H21BrN2O4S. The van der Waals surface area contributed by atoms with Crippen LogP contribution in [-0.2, 0) is 10.0 Å². The van der Waals surface area contributed by atoms with Crippen LogP contribution in [0.3, 0.4) is 0 Å². The summed E-state index contributed by atoms with van der Waals surface area (Å²) >= 11 is 3.26. The zero-order valence-corrected chi connectivity index (χ0v) is 18.8. The van der Waals surface area contributed by atoms with Crippen molar-refractivity contribution in [1.29, 1.82) is 0 Å². The predicted octanol–water partition coefficient (Wildman–Crippen LogP) is 3.76. The van der Waals surface area contributed by atoms with Crippen molar-refractivity contribution in [3.63, 3.8) is 0 Å². The first kappa shape index (κ1) is 20.8. The molecular weight excluding hydrogens is 468 g/mol. The summed E-state index contributed by atoms with van der Waals surface area (Å²) in [5.74, 6) is -0.406. The van der Waals surface area contributed by atoms with Gasteiger partial charge in [0.25, 0.3) is 5.91 Å². The highest BCUT2D eigenvalue weighted by Crippen LogP contribution is 2.31. The van der Waals surface area contributed by atoms with Gasteiger partial charge in [-0.15, -0.1) is 0 Å². The normalized spacial score (nSPS) is 15.5. The summed E-state index contributed by atoms with van der Waals surface area (Å²) in [6.07, 6.45) is 0. The molecule has 1 N–H and O–H groups in total. The smallest absolute Gasteiger partial charge is 0.257 e. The van der Waals surface area contributed by atoms with Gasteiger partial charge in [0.2, 0.25) is 10.0 Å². The number of hydrogen-bond donors (Lipinski definition) is 1. The van der Waals surface area contributed by atoms with E-state index in [-0.39, 0.29) is 48.3 Å². The van der Waals surface area contributed by atoms with Crippen molar-refractivity contribution in [2.75, 3.05) is 26.2 Å². The van der Waals surface area contributed by atoms with Crippen LogP contribution in [0.4, 0.5) is 0 Å². The number of benzene rings is 3. The average Bonchev–Trinajstić information content (AvgIpc) is 2.75. The van der Waals surface area contributed by atoms with Gasteiger partial charge in [0.1, 0.15) is 5.75 Å². The molecule has 0 aromatic heterocycles. The number of piperazine rings is 1. The van der Waals surface area contributed by atoms with E-state index in [0.29, 0.717) is 4.47 Å². The van der Waals surface area contributed by atoms with Gasteiger partial charge in [0.15, 0.2) is 0 Å². The maximum Gasteiger partial charge on any atom is 0.257 e. The number of carbonyl (C=O) groups excluding carboxylic acids is 1. The van der Waals surface area contributed by atoms with Crippen molar-refractivity contribution in [3.05, 3.63) is 70.2 Å². The molecule has 0 saturated carbocycles. The lowest BCUT2D eigenvalue weighted by Gasteiger charge is -2.34. The van der Waals surface area contributed by atoms with E-state index in [1.807, 2.05) is 31.2 Å². The second-order valence-corrected chi connectivity index (χ2v) is 10.1. The van der Waals surface area contributed by atoms with Crippen molar-refractivity contribution in [2.45, 2.75) is 11.8 Å². The number of nitrogens with zero attached hydrogens (tertiary/aromatic N) is 2. The third kappa shape index (κ3) is 3.82. The standard InChI is InChI=1S/C22H21BrN2O4S/c1-15-12-19(21(26)20(23)13-15)22(27)24-8-10-25(11-9-24)30(28,29)18-7-6-16-4-2-3-5-17(16)14-18/h2-7,12-14,26H,8-11H2,1H3. The Kier molecular flexibility index (Phi) is 5.57. The van der Waals surface area contributed by atoms with Gasteiger partial charge in [0, 0.05) is 26.2 Å². The average molecular weight is 489 g/mol. The minimum absolute atomic E-state index is 0.100. The molecule has 1 amide bonds. The summed E-state index contributed by atoms with van der Waals surface area (Å²) in [6, 6.07) is 16.1. The molecule has 4 rings (SSSR count). The molecule has 0 radical (unpaired) electrons. The Morgan fingerprint density at radius 2 is 1.63 bits per heavy atom. The van der Waals surface area contributed by atoms with Crippen LogP contribution >= 0.6 is 15.9 Å². The van der Waals surface area contributed by atoms with E-state index in [2.05, 4.69) is 15.9 Å². The maximum absolute atomic E-state index is 13.1. The summed E-state index contributed by atoms with van der Waals surface area (Å²) in [7, 11) is -3.65. The Morgan fingerprint density at radius 1 is 0.967 bits per heavy atom. The largest absolute Gasteiger partial charge is 0.506 e. The summed E-state index contributed by atoms with van der Waals surface area (Å²) in [5, 5.41) is 12.1. The fraction of sp³-hybridized carbons (Fsp3) is 0.227. The highest BCUT2D eigenvalue weighted by Gasteiger charge is 2.31. The Hall–Kier alpha value is -2.42. The predicted molar refractivity (Wildman–Crippen MR) is 119 cm³/mol. The fourth-order valence-electron chi connectivity index (χ4n) is 3.68. The summed E-state index contributed by atoms with van der Waals surface area (Å²) in [4.78, 5) is 14.7. The Labute approximate surface area is 183 Å². The number of aromatic hydroxyl groups is 1. The van der Waals surface area contributed by atoms with Crippen LogP contribution in [-0.4, -0.2) is 54.8 Å². The molecule has 8 heteroatoms. The summed E-state index contributed by atoms with van der Waals surface area (Å²) < 4.78 is 28.1. The Bertz CT molecular complexity index is 1240. The Morgan fingerprint density at radius 3 is 2.33 bits per heavy atom. The van der Waals surface area contributed by atoms with Crippen LogP contribution < -0.4 is 0 Å². The number of halogens is 1.